The van der Waals surface area contributed by atoms with Gasteiger partial charge in [-0.1, -0.05) is 12.1 Å². The smallest absolute Gasteiger partial charge is 0.259 e. The van der Waals surface area contributed by atoms with E-state index in [9.17, 15) is 9.18 Å². The molecule has 0 fully saturated rings. The zero-order valence-electron chi connectivity index (χ0n) is 9.68. The molecule has 2 aromatic rings. The lowest BCUT2D eigenvalue weighted by atomic mass is 10.2. The van der Waals surface area contributed by atoms with E-state index >= 15 is 0 Å². The Morgan fingerprint density at radius 2 is 2.06 bits per heavy atom. The van der Waals surface area contributed by atoms with Gasteiger partial charge in [-0.05, 0) is 24.3 Å². The Balaban J connectivity index is 2.24. The monoisotopic (exact) mass is 246 g/mol. The fraction of sp³-hybridized carbons (Fsp3) is 0.0769. The van der Waals surface area contributed by atoms with Crippen LogP contribution in [0.5, 0.6) is 5.75 Å². The van der Waals surface area contributed by atoms with Crippen LogP contribution < -0.4 is 10.1 Å². The summed E-state index contributed by atoms with van der Waals surface area (Å²) >= 11 is 0. The van der Waals surface area contributed by atoms with E-state index in [-0.39, 0.29) is 11.4 Å². The highest BCUT2D eigenvalue weighted by molar-refractivity contribution is 6.04. The van der Waals surface area contributed by atoms with Gasteiger partial charge >= 0.3 is 0 Å². The van der Waals surface area contributed by atoms with Gasteiger partial charge < -0.3 is 10.1 Å². The summed E-state index contributed by atoms with van der Waals surface area (Å²) < 4.78 is 18.5. The minimum atomic E-state index is -0.579. The Morgan fingerprint density at radius 3 is 2.78 bits per heavy atom. The number of halogens is 1. The van der Waals surface area contributed by atoms with Crippen molar-refractivity contribution in [3.63, 3.8) is 0 Å². The molecule has 1 amide bonds. The fourth-order valence-corrected chi connectivity index (χ4v) is 1.47. The van der Waals surface area contributed by atoms with Crippen molar-refractivity contribution in [3.05, 3.63) is 54.0 Å². The number of benzene rings is 1. The van der Waals surface area contributed by atoms with E-state index in [4.69, 9.17) is 4.74 Å². The number of anilines is 1. The Labute approximate surface area is 103 Å². The first-order valence-corrected chi connectivity index (χ1v) is 5.27. The average Bonchev–Trinajstić information content (AvgIpc) is 2.39. The molecule has 0 aliphatic rings. The molecule has 0 aliphatic heterocycles. The summed E-state index contributed by atoms with van der Waals surface area (Å²) in [5.74, 6) is -0.467. The quantitative estimate of drug-likeness (QED) is 0.905. The van der Waals surface area contributed by atoms with Crippen molar-refractivity contribution in [3.8, 4) is 5.75 Å². The number of nitrogens with zero attached hydrogens (tertiary/aromatic N) is 1. The van der Waals surface area contributed by atoms with Gasteiger partial charge in [0.2, 0.25) is 0 Å². The molecule has 4 nitrogen and oxygen atoms in total. The molecule has 0 unspecified atom stereocenters. The lowest BCUT2D eigenvalue weighted by Crippen LogP contribution is -2.15. The van der Waals surface area contributed by atoms with Gasteiger partial charge in [0.25, 0.3) is 5.91 Å². The second-order valence-corrected chi connectivity index (χ2v) is 3.49. The molecular weight excluding hydrogens is 235 g/mol. The summed E-state index contributed by atoms with van der Waals surface area (Å²) in [6, 6.07) is 9.08. The minimum Gasteiger partial charge on any atom is -0.493 e. The third-order valence-corrected chi connectivity index (χ3v) is 2.34. The predicted octanol–water partition coefficient (Wildman–Crippen LogP) is 2.48. The highest BCUT2D eigenvalue weighted by Gasteiger charge is 2.13. The molecule has 92 valence electrons. The van der Waals surface area contributed by atoms with E-state index in [2.05, 4.69) is 10.3 Å². The van der Waals surface area contributed by atoms with Gasteiger partial charge in [-0.25, -0.2) is 9.37 Å². The van der Waals surface area contributed by atoms with Crippen LogP contribution in [0.3, 0.4) is 0 Å². The van der Waals surface area contributed by atoms with Crippen LogP contribution in [0.25, 0.3) is 0 Å². The molecule has 1 aromatic carbocycles. The maximum Gasteiger partial charge on any atom is 0.259 e. The molecule has 2 rings (SSSR count). The molecule has 18 heavy (non-hydrogen) atoms. The van der Waals surface area contributed by atoms with E-state index < -0.39 is 11.7 Å². The van der Waals surface area contributed by atoms with Crippen LogP contribution in [0.4, 0.5) is 10.2 Å². The molecule has 0 bridgehead atoms. The standard InChI is InChI=1S/C13H11FN2O2/c1-18-11-7-4-8-15-12(11)16-13(17)9-5-2-3-6-10(9)14/h2-8H,1H3,(H,15,16,17). The van der Waals surface area contributed by atoms with Crippen LogP contribution in [0.2, 0.25) is 0 Å². The Kier molecular flexibility index (Phi) is 3.52. The number of aromatic nitrogens is 1. The topological polar surface area (TPSA) is 51.2 Å². The third kappa shape index (κ3) is 2.45. The Hall–Kier alpha value is -2.43. The number of nitrogens with one attached hydrogen (secondary N) is 1. The first-order chi connectivity index (χ1) is 8.72. The molecule has 0 saturated heterocycles. The van der Waals surface area contributed by atoms with Gasteiger partial charge in [-0.2, -0.15) is 0 Å². The molecule has 0 radical (unpaired) electrons. The van der Waals surface area contributed by atoms with Crippen molar-refractivity contribution >= 4 is 11.7 Å². The summed E-state index contributed by atoms with van der Waals surface area (Å²) in [6.07, 6.45) is 1.51. The number of carbonyl (C=O) groups is 1. The molecule has 0 spiro atoms. The van der Waals surface area contributed by atoms with Crippen LogP contribution in [-0.4, -0.2) is 18.0 Å². The zero-order chi connectivity index (χ0) is 13.0. The summed E-state index contributed by atoms with van der Waals surface area (Å²) in [6.45, 7) is 0. The summed E-state index contributed by atoms with van der Waals surface area (Å²) in [7, 11) is 1.47. The SMILES string of the molecule is COc1cccnc1NC(=O)c1ccccc1F. The number of amides is 1. The van der Waals surface area contributed by atoms with E-state index in [0.717, 1.165) is 0 Å². The Morgan fingerprint density at radius 1 is 1.28 bits per heavy atom. The summed E-state index contributed by atoms with van der Waals surface area (Å²) in [5, 5.41) is 2.50. The largest absolute Gasteiger partial charge is 0.493 e. The number of ether oxygens (including phenoxy) is 1. The fourth-order valence-electron chi connectivity index (χ4n) is 1.47. The molecular formula is C13H11FN2O2. The summed E-state index contributed by atoms with van der Waals surface area (Å²) in [4.78, 5) is 15.8. The number of pyridine rings is 1. The Bertz CT molecular complexity index is 572. The van der Waals surface area contributed by atoms with Crippen molar-refractivity contribution in [2.24, 2.45) is 0 Å². The van der Waals surface area contributed by atoms with Crippen LogP contribution >= 0.6 is 0 Å². The van der Waals surface area contributed by atoms with Crippen molar-refractivity contribution < 1.29 is 13.9 Å². The number of rotatable bonds is 3. The molecule has 1 aromatic heterocycles. The maximum atomic E-state index is 13.4. The molecule has 1 N–H and O–H groups in total. The van der Waals surface area contributed by atoms with E-state index in [1.165, 1.54) is 31.5 Å². The van der Waals surface area contributed by atoms with E-state index in [0.29, 0.717) is 5.75 Å². The molecule has 0 aliphatic carbocycles. The average molecular weight is 246 g/mol. The van der Waals surface area contributed by atoms with Crippen molar-refractivity contribution in [2.75, 3.05) is 12.4 Å². The van der Waals surface area contributed by atoms with Gasteiger partial charge in [0, 0.05) is 6.20 Å². The van der Waals surface area contributed by atoms with Crippen LogP contribution in [0, 0.1) is 5.82 Å². The highest BCUT2D eigenvalue weighted by Crippen LogP contribution is 2.21. The van der Waals surface area contributed by atoms with Crippen LogP contribution in [0.15, 0.2) is 42.6 Å². The van der Waals surface area contributed by atoms with Gasteiger partial charge in [-0.15, -0.1) is 0 Å². The molecule has 1 heterocycles. The highest BCUT2D eigenvalue weighted by atomic mass is 19.1. The lowest BCUT2D eigenvalue weighted by Gasteiger charge is -2.08. The van der Waals surface area contributed by atoms with Crippen molar-refractivity contribution in [1.29, 1.82) is 0 Å². The minimum absolute atomic E-state index is 0.0368. The number of hydrogen-bond donors (Lipinski definition) is 1. The van der Waals surface area contributed by atoms with Crippen LogP contribution in [-0.2, 0) is 0 Å². The van der Waals surface area contributed by atoms with Gasteiger partial charge in [0.1, 0.15) is 5.82 Å². The summed E-state index contributed by atoms with van der Waals surface area (Å²) in [5.41, 5.74) is -0.0368. The third-order valence-electron chi connectivity index (χ3n) is 2.34. The maximum absolute atomic E-state index is 13.4. The first kappa shape index (κ1) is 12.0. The second-order valence-electron chi connectivity index (χ2n) is 3.49. The number of carbonyl (C=O) groups excluding carboxylic acids is 1. The van der Waals surface area contributed by atoms with Gasteiger partial charge in [-0.3, -0.25) is 4.79 Å². The van der Waals surface area contributed by atoms with Crippen molar-refractivity contribution in [2.45, 2.75) is 0 Å². The molecule has 0 atom stereocenters. The second kappa shape index (κ2) is 5.27. The lowest BCUT2D eigenvalue weighted by molar-refractivity contribution is 0.102. The van der Waals surface area contributed by atoms with Crippen LogP contribution in [0.1, 0.15) is 10.4 Å². The van der Waals surface area contributed by atoms with Gasteiger partial charge in [0.15, 0.2) is 11.6 Å². The molecule has 5 heteroatoms. The first-order valence-electron chi connectivity index (χ1n) is 5.27. The van der Waals surface area contributed by atoms with Crippen molar-refractivity contribution in [1.82, 2.24) is 4.98 Å². The number of methoxy groups -OCH3 is 1. The van der Waals surface area contributed by atoms with E-state index in [1.54, 1.807) is 18.2 Å². The van der Waals surface area contributed by atoms with E-state index in [1.807, 2.05) is 0 Å². The predicted molar refractivity (Wildman–Crippen MR) is 65.1 cm³/mol. The normalized spacial score (nSPS) is 9.89. The zero-order valence-corrected chi connectivity index (χ0v) is 9.68. The van der Waals surface area contributed by atoms with Gasteiger partial charge in [0.05, 0.1) is 12.7 Å². The molecule has 0 saturated carbocycles. The number of hydrogen-bond acceptors (Lipinski definition) is 3.